The van der Waals surface area contributed by atoms with Crippen molar-refractivity contribution in [3.05, 3.63) is 33.3 Å². The minimum Gasteiger partial charge on any atom is -0.387 e. The van der Waals surface area contributed by atoms with Gasteiger partial charge in [-0.25, -0.2) is 8.42 Å². The van der Waals surface area contributed by atoms with E-state index in [0.717, 1.165) is 6.26 Å². The zero-order valence-corrected chi connectivity index (χ0v) is 11.1. The van der Waals surface area contributed by atoms with Gasteiger partial charge in [0.25, 0.3) is 0 Å². The Morgan fingerprint density at radius 1 is 1.53 bits per heavy atom. The molecule has 0 spiro atoms. The summed E-state index contributed by atoms with van der Waals surface area (Å²) in [5, 5.41) is 10.1. The molecule has 0 radical (unpaired) electrons. The first-order chi connectivity index (χ1) is 6.79. The molecule has 0 aliphatic heterocycles. The second kappa shape index (κ2) is 4.82. The van der Waals surface area contributed by atoms with Gasteiger partial charge >= 0.3 is 0 Å². The summed E-state index contributed by atoms with van der Waals surface area (Å²) in [5.74, 6) is -0.301. The quantitative estimate of drug-likeness (QED) is 0.930. The lowest BCUT2D eigenvalue weighted by molar-refractivity contribution is 0.202. The highest BCUT2D eigenvalue weighted by molar-refractivity contribution is 9.10. The fraction of sp³-hybridized carbons (Fsp3) is 0.333. The van der Waals surface area contributed by atoms with Crippen LogP contribution in [0.5, 0.6) is 0 Å². The Morgan fingerprint density at radius 2 is 2.13 bits per heavy atom. The number of hydrogen-bond acceptors (Lipinski definition) is 3. The summed E-state index contributed by atoms with van der Waals surface area (Å²) in [5.41, 5.74) is 0.494. The van der Waals surface area contributed by atoms with Crippen LogP contribution in [0.2, 0.25) is 5.02 Å². The van der Waals surface area contributed by atoms with E-state index in [1.54, 1.807) is 18.2 Å². The first kappa shape index (κ1) is 13.0. The smallest absolute Gasteiger partial charge is 0.150 e. The fourth-order valence-corrected chi connectivity index (χ4v) is 2.30. The second-order valence-electron chi connectivity index (χ2n) is 3.28. The van der Waals surface area contributed by atoms with Crippen molar-refractivity contribution in [3.8, 4) is 0 Å². The van der Waals surface area contributed by atoms with Gasteiger partial charge in [-0.1, -0.05) is 17.7 Å². The number of benzene rings is 1. The molecule has 0 aromatic heterocycles. The highest BCUT2D eigenvalue weighted by Gasteiger charge is 2.15. The van der Waals surface area contributed by atoms with Gasteiger partial charge < -0.3 is 5.11 Å². The molecule has 1 rings (SSSR count). The number of rotatable bonds is 3. The number of sulfone groups is 1. The monoisotopic (exact) mass is 312 g/mol. The topological polar surface area (TPSA) is 54.4 Å². The van der Waals surface area contributed by atoms with E-state index in [0.29, 0.717) is 15.1 Å². The molecule has 1 aromatic rings. The Labute approximate surface area is 102 Å². The van der Waals surface area contributed by atoms with Gasteiger partial charge in [-0.15, -0.1) is 0 Å². The van der Waals surface area contributed by atoms with Gasteiger partial charge in [0.05, 0.1) is 16.9 Å². The SMILES string of the molecule is CS(=O)(=O)CC(O)c1ccc(Br)c(Cl)c1. The van der Waals surface area contributed by atoms with Crippen molar-refractivity contribution in [1.29, 1.82) is 0 Å². The van der Waals surface area contributed by atoms with Crippen LogP contribution in [0, 0.1) is 0 Å². The summed E-state index contributed by atoms with van der Waals surface area (Å²) < 4.78 is 22.6. The van der Waals surface area contributed by atoms with E-state index in [4.69, 9.17) is 11.6 Å². The van der Waals surface area contributed by atoms with Crippen LogP contribution in [0.25, 0.3) is 0 Å². The first-order valence-corrected chi connectivity index (χ1v) is 7.33. The molecule has 0 saturated carbocycles. The lowest BCUT2D eigenvalue weighted by Gasteiger charge is -2.10. The molecule has 0 heterocycles. The summed E-state index contributed by atoms with van der Waals surface area (Å²) in [6.45, 7) is 0. The van der Waals surface area contributed by atoms with Gasteiger partial charge in [-0.3, -0.25) is 0 Å². The molecule has 84 valence electrons. The van der Waals surface area contributed by atoms with Gasteiger partial charge in [-0.05, 0) is 33.6 Å². The average Bonchev–Trinajstić information content (AvgIpc) is 2.06. The molecule has 6 heteroatoms. The van der Waals surface area contributed by atoms with E-state index >= 15 is 0 Å². The Morgan fingerprint density at radius 3 is 2.60 bits per heavy atom. The average molecular weight is 314 g/mol. The van der Waals surface area contributed by atoms with Crippen LogP contribution in [0.15, 0.2) is 22.7 Å². The Bertz CT molecular complexity index is 458. The third-order valence-electron chi connectivity index (χ3n) is 1.79. The zero-order chi connectivity index (χ0) is 11.6. The maximum absolute atomic E-state index is 11.0. The van der Waals surface area contributed by atoms with Crippen molar-refractivity contribution < 1.29 is 13.5 Å². The van der Waals surface area contributed by atoms with Crippen molar-refractivity contribution in [2.45, 2.75) is 6.10 Å². The standard InChI is InChI=1S/C9H10BrClO3S/c1-15(13,14)5-9(12)6-2-3-7(10)8(11)4-6/h2-4,9,12H,5H2,1H3. The minimum atomic E-state index is -3.20. The van der Waals surface area contributed by atoms with Gasteiger partial charge in [0.2, 0.25) is 0 Å². The predicted molar refractivity (Wildman–Crippen MR) is 63.8 cm³/mol. The summed E-state index contributed by atoms with van der Waals surface area (Å²) in [7, 11) is -3.20. The fourth-order valence-electron chi connectivity index (χ4n) is 1.10. The Kier molecular flexibility index (Phi) is 4.17. The largest absolute Gasteiger partial charge is 0.387 e. The van der Waals surface area contributed by atoms with Crippen LogP contribution in [-0.4, -0.2) is 25.5 Å². The molecule has 0 aliphatic carbocycles. The van der Waals surface area contributed by atoms with Crippen molar-refractivity contribution >= 4 is 37.4 Å². The molecule has 3 nitrogen and oxygen atoms in total. The number of aliphatic hydroxyl groups excluding tert-OH is 1. The van der Waals surface area contributed by atoms with Crippen molar-refractivity contribution in [1.82, 2.24) is 0 Å². The summed E-state index contributed by atoms with van der Waals surface area (Å²) in [6.07, 6.45) is 0.0436. The van der Waals surface area contributed by atoms with Crippen molar-refractivity contribution in [3.63, 3.8) is 0 Å². The third-order valence-corrected chi connectivity index (χ3v) is 3.94. The number of aliphatic hydroxyl groups is 1. The predicted octanol–water partition coefficient (Wildman–Crippen LogP) is 2.18. The molecule has 0 fully saturated rings. The number of hydrogen-bond donors (Lipinski definition) is 1. The van der Waals surface area contributed by atoms with Crippen LogP contribution in [-0.2, 0) is 9.84 Å². The van der Waals surface area contributed by atoms with E-state index in [9.17, 15) is 13.5 Å². The summed E-state index contributed by atoms with van der Waals surface area (Å²) >= 11 is 9.03. The van der Waals surface area contributed by atoms with Crippen LogP contribution in [0.3, 0.4) is 0 Å². The van der Waals surface area contributed by atoms with Gasteiger partial charge in [-0.2, -0.15) is 0 Å². The van der Waals surface area contributed by atoms with Crippen LogP contribution in [0.4, 0.5) is 0 Å². The highest BCUT2D eigenvalue weighted by Crippen LogP contribution is 2.26. The Balaban J connectivity index is 2.92. The van der Waals surface area contributed by atoms with E-state index in [-0.39, 0.29) is 5.75 Å². The van der Waals surface area contributed by atoms with Crippen molar-refractivity contribution in [2.24, 2.45) is 0 Å². The van der Waals surface area contributed by atoms with E-state index in [1.807, 2.05) is 0 Å². The van der Waals surface area contributed by atoms with Crippen molar-refractivity contribution in [2.75, 3.05) is 12.0 Å². The Hall–Kier alpha value is -0.100. The van der Waals surface area contributed by atoms with E-state index in [2.05, 4.69) is 15.9 Å². The molecule has 0 aliphatic rings. The molecular formula is C9H10BrClO3S. The van der Waals surface area contributed by atoms with Gasteiger partial charge in [0, 0.05) is 10.7 Å². The minimum absolute atomic E-state index is 0.301. The molecule has 1 aromatic carbocycles. The maximum Gasteiger partial charge on any atom is 0.150 e. The lowest BCUT2D eigenvalue weighted by atomic mass is 10.1. The lowest BCUT2D eigenvalue weighted by Crippen LogP contribution is -2.12. The van der Waals surface area contributed by atoms with E-state index < -0.39 is 15.9 Å². The molecule has 0 saturated heterocycles. The molecular weight excluding hydrogens is 304 g/mol. The first-order valence-electron chi connectivity index (χ1n) is 4.10. The van der Waals surface area contributed by atoms with Crippen LogP contribution < -0.4 is 0 Å². The molecule has 0 amide bonds. The molecule has 1 atom stereocenters. The highest BCUT2D eigenvalue weighted by atomic mass is 79.9. The zero-order valence-electron chi connectivity index (χ0n) is 7.94. The summed E-state index contributed by atoms with van der Waals surface area (Å²) in [6, 6.07) is 4.84. The van der Waals surface area contributed by atoms with Crippen LogP contribution >= 0.6 is 27.5 Å². The van der Waals surface area contributed by atoms with Gasteiger partial charge in [0.1, 0.15) is 9.84 Å². The molecule has 15 heavy (non-hydrogen) atoms. The molecule has 0 bridgehead atoms. The maximum atomic E-state index is 11.0. The summed E-state index contributed by atoms with van der Waals surface area (Å²) in [4.78, 5) is 0. The normalized spacial score (nSPS) is 13.9. The van der Waals surface area contributed by atoms with Crippen LogP contribution in [0.1, 0.15) is 11.7 Å². The molecule has 1 unspecified atom stereocenters. The second-order valence-corrected chi connectivity index (χ2v) is 6.73. The van der Waals surface area contributed by atoms with Gasteiger partial charge in [0.15, 0.2) is 0 Å². The van der Waals surface area contributed by atoms with E-state index in [1.165, 1.54) is 0 Å². The number of halogens is 2. The molecule has 1 N–H and O–H groups in total. The third kappa shape index (κ3) is 4.10.